The molecule has 0 amide bonds. The first-order valence-corrected chi connectivity index (χ1v) is 7.55. The van der Waals surface area contributed by atoms with E-state index in [0.717, 1.165) is 0 Å². The van der Waals surface area contributed by atoms with Crippen LogP contribution >= 0.6 is 0 Å². The normalized spacial score (nSPS) is 14.3. The van der Waals surface area contributed by atoms with E-state index in [1.165, 1.54) is 6.26 Å². The lowest BCUT2D eigenvalue weighted by Gasteiger charge is -2.14. The van der Waals surface area contributed by atoms with Gasteiger partial charge in [-0.15, -0.1) is 0 Å². The minimum absolute atomic E-state index is 0.111. The quantitative estimate of drug-likeness (QED) is 0.556. The van der Waals surface area contributed by atoms with Crippen LogP contribution < -0.4 is 5.32 Å². The van der Waals surface area contributed by atoms with E-state index in [1.54, 1.807) is 0 Å². The molecule has 0 heterocycles. The van der Waals surface area contributed by atoms with E-state index in [1.807, 2.05) is 13.8 Å². The minimum Gasteiger partial charge on any atom is -0.389 e. The summed E-state index contributed by atoms with van der Waals surface area (Å²) in [5.41, 5.74) is 0. The van der Waals surface area contributed by atoms with Gasteiger partial charge in [-0.3, -0.25) is 0 Å². The van der Waals surface area contributed by atoms with Crippen LogP contribution in [-0.2, 0) is 14.6 Å². The molecule has 0 radical (unpaired) electrons. The molecule has 0 rings (SSSR count). The van der Waals surface area contributed by atoms with E-state index in [0.29, 0.717) is 26.1 Å². The Labute approximate surface area is 98.1 Å². The molecule has 0 aromatic heterocycles. The SMILES string of the molecule is CC(C)OCC(O)CNCCCS(C)(=O)=O. The number of aliphatic hydroxyl groups excluding tert-OH is 1. The molecule has 0 aliphatic rings. The summed E-state index contributed by atoms with van der Waals surface area (Å²) in [6, 6.07) is 0. The molecule has 16 heavy (non-hydrogen) atoms. The molecule has 1 atom stereocenters. The molecule has 0 aromatic carbocycles. The molecule has 0 aliphatic carbocycles. The van der Waals surface area contributed by atoms with Gasteiger partial charge in [0.15, 0.2) is 0 Å². The molecule has 5 nitrogen and oxygen atoms in total. The molecule has 0 spiro atoms. The highest BCUT2D eigenvalue weighted by molar-refractivity contribution is 7.90. The van der Waals surface area contributed by atoms with Crippen molar-refractivity contribution >= 4 is 9.84 Å². The Hall–Kier alpha value is -0.170. The minimum atomic E-state index is -2.87. The average molecular weight is 253 g/mol. The first-order valence-electron chi connectivity index (χ1n) is 5.49. The van der Waals surface area contributed by atoms with Crippen molar-refractivity contribution in [1.82, 2.24) is 5.32 Å². The van der Waals surface area contributed by atoms with E-state index < -0.39 is 15.9 Å². The molecule has 0 saturated carbocycles. The smallest absolute Gasteiger partial charge is 0.147 e. The first-order chi connectivity index (χ1) is 7.31. The van der Waals surface area contributed by atoms with Gasteiger partial charge in [0.05, 0.1) is 24.6 Å². The number of sulfone groups is 1. The highest BCUT2D eigenvalue weighted by atomic mass is 32.2. The zero-order chi connectivity index (χ0) is 12.6. The first kappa shape index (κ1) is 15.8. The molecule has 0 aromatic rings. The summed E-state index contributed by atoms with van der Waals surface area (Å²) in [5.74, 6) is 0.179. The Morgan fingerprint density at radius 3 is 2.50 bits per heavy atom. The fraction of sp³-hybridized carbons (Fsp3) is 1.00. The van der Waals surface area contributed by atoms with E-state index >= 15 is 0 Å². The van der Waals surface area contributed by atoms with Gasteiger partial charge in [-0.2, -0.15) is 0 Å². The van der Waals surface area contributed by atoms with Crippen molar-refractivity contribution in [2.45, 2.75) is 32.5 Å². The standard InChI is InChI=1S/C10H23NO4S/c1-9(2)15-8-10(12)7-11-5-4-6-16(3,13)14/h9-12H,4-8H2,1-3H3. The third kappa shape index (κ3) is 11.9. The van der Waals surface area contributed by atoms with Crippen molar-refractivity contribution in [1.29, 1.82) is 0 Å². The third-order valence-electron chi connectivity index (χ3n) is 1.87. The van der Waals surface area contributed by atoms with Gasteiger partial charge in [-0.25, -0.2) is 8.42 Å². The molecule has 98 valence electrons. The van der Waals surface area contributed by atoms with Gasteiger partial charge in [0, 0.05) is 12.8 Å². The number of hydrogen-bond acceptors (Lipinski definition) is 5. The van der Waals surface area contributed by atoms with Crippen molar-refractivity contribution in [3.8, 4) is 0 Å². The lowest BCUT2D eigenvalue weighted by Crippen LogP contribution is -2.32. The fourth-order valence-corrected chi connectivity index (χ4v) is 1.76. The summed E-state index contributed by atoms with van der Waals surface area (Å²) >= 11 is 0. The van der Waals surface area contributed by atoms with Crippen LogP contribution in [0.5, 0.6) is 0 Å². The highest BCUT2D eigenvalue weighted by Crippen LogP contribution is 1.91. The van der Waals surface area contributed by atoms with E-state index in [2.05, 4.69) is 5.32 Å². The molecule has 6 heteroatoms. The number of aliphatic hydroxyl groups is 1. The average Bonchev–Trinajstić information content (AvgIpc) is 2.12. The van der Waals surface area contributed by atoms with Gasteiger partial charge in [-0.05, 0) is 26.8 Å². The molecular weight excluding hydrogens is 230 g/mol. The van der Waals surface area contributed by atoms with E-state index in [9.17, 15) is 13.5 Å². The Balaban J connectivity index is 3.38. The maximum Gasteiger partial charge on any atom is 0.147 e. The molecule has 2 N–H and O–H groups in total. The van der Waals surface area contributed by atoms with Crippen LogP contribution in [0.15, 0.2) is 0 Å². The summed E-state index contributed by atoms with van der Waals surface area (Å²) in [7, 11) is -2.87. The van der Waals surface area contributed by atoms with Gasteiger partial charge in [0.25, 0.3) is 0 Å². The van der Waals surface area contributed by atoms with Crippen LogP contribution in [0.2, 0.25) is 0 Å². The predicted octanol–water partition coefficient (Wildman–Crippen LogP) is -0.203. The number of rotatable bonds is 9. The zero-order valence-corrected chi connectivity index (χ0v) is 11.1. The van der Waals surface area contributed by atoms with Crippen LogP contribution in [0.25, 0.3) is 0 Å². The second kappa shape index (κ2) is 8.00. The Bertz CT molecular complexity index is 264. The zero-order valence-electron chi connectivity index (χ0n) is 10.3. The van der Waals surface area contributed by atoms with Crippen LogP contribution in [-0.4, -0.2) is 57.4 Å². The van der Waals surface area contributed by atoms with E-state index in [-0.39, 0.29) is 11.9 Å². The van der Waals surface area contributed by atoms with Crippen LogP contribution in [0.4, 0.5) is 0 Å². The van der Waals surface area contributed by atoms with Crippen molar-refractivity contribution < 1.29 is 18.3 Å². The summed E-state index contributed by atoms with van der Waals surface area (Å²) in [6.45, 7) is 5.14. The predicted molar refractivity (Wildman–Crippen MR) is 64.3 cm³/mol. The molecule has 0 aliphatic heterocycles. The van der Waals surface area contributed by atoms with Crippen LogP contribution in [0, 0.1) is 0 Å². The Morgan fingerprint density at radius 2 is 2.00 bits per heavy atom. The summed E-state index contributed by atoms with van der Waals surface area (Å²) < 4.78 is 26.8. The maximum atomic E-state index is 10.8. The molecule has 0 fully saturated rings. The largest absolute Gasteiger partial charge is 0.389 e. The fourth-order valence-electron chi connectivity index (χ4n) is 1.09. The lowest BCUT2D eigenvalue weighted by molar-refractivity contribution is 0.00650. The molecule has 0 saturated heterocycles. The number of nitrogens with one attached hydrogen (secondary N) is 1. The van der Waals surface area contributed by atoms with Crippen molar-refractivity contribution in [2.24, 2.45) is 0 Å². The van der Waals surface area contributed by atoms with Crippen LogP contribution in [0.1, 0.15) is 20.3 Å². The van der Waals surface area contributed by atoms with Gasteiger partial charge in [0.2, 0.25) is 0 Å². The monoisotopic (exact) mass is 253 g/mol. The van der Waals surface area contributed by atoms with Gasteiger partial charge < -0.3 is 15.2 Å². The molecule has 1 unspecified atom stereocenters. The Kier molecular flexibility index (Phi) is 7.91. The van der Waals surface area contributed by atoms with E-state index in [4.69, 9.17) is 4.74 Å². The second-order valence-corrected chi connectivity index (χ2v) is 6.48. The highest BCUT2D eigenvalue weighted by Gasteiger charge is 2.05. The number of hydrogen-bond donors (Lipinski definition) is 2. The topological polar surface area (TPSA) is 75.6 Å². The molecular formula is C10H23NO4S. The maximum absolute atomic E-state index is 10.8. The van der Waals surface area contributed by atoms with Crippen molar-refractivity contribution in [3.63, 3.8) is 0 Å². The van der Waals surface area contributed by atoms with Crippen LogP contribution in [0.3, 0.4) is 0 Å². The second-order valence-electron chi connectivity index (χ2n) is 4.22. The molecule has 0 bridgehead atoms. The summed E-state index contributed by atoms with van der Waals surface area (Å²) in [5, 5.41) is 12.4. The van der Waals surface area contributed by atoms with Crippen molar-refractivity contribution in [2.75, 3.05) is 31.7 Å². The lowest BCUT2D eigenvalue weighted by atomic mass is 10.3. The summed E-state index contributed by atoms with van der Waals surface area (Å²) in [6.07, 6.45) is 1.36. The summed E-state index contributed by atoms with van der Waals surface area (Å²) in [4.78, 5) is 0. The van der Waals surface area contributed by atoms with Crippen molar-refractivity contribution in [3.05, 3.63) is 0 Å². The number of ether oxygens (including phenoxy) is 1. The van der Waals surface area contributed by atoms with Gasteiger partial charge in [-0.1, -0.05) is 0 Å². The Morgan fingerprint density at radius 1 is 1.38 bits per heavy atom. The third-order valence-corrected chi connectivity index (χ3v) is 2.90. The van der Waals surface area contributed by atoms with Gasteiger partial charge >= 0.3 is 0 Å². The van der Waals surface area contributed by atoms with Gasteiger partial charge in [0.1, 0.15) is 9.84 Å².